The van der Waals surface area contributed by atoms with Crippen LogP contribution in [-0.2, 0) is 0 Å². The Morgan fingerprint density at radius 3 is 1.03 bits per heavy atom. The second kappa shape index (κ2) is 37.7. The number of hydrogen-bond acceptors (Lipinski definition) is 8. The molecule has 4 saturated heterocycles. The van der Waals surface area contributed by atoms with Gasteiger partial charge >= 0.3 is 0 Å². The van der Waals surface area contributed by atoms with Gasteiger partial charge in [0, 0.05) is 123 Å². The third kappa shape index (κ3) is 22.3. The van der Waals surface area contributed by atoms with Crippen LogP contribution in [0.3, 0.4) is 0 Å². The van der Waals surface area contributed by atoms with E-state index in [9.17, 15) is 0 Å². The maximum absolute atomic E-state index is 4.86. The van der Waals surface area contributed by atoms with Crippen LogP contribution in [0, 0.1) is 47.4 Å². The first kappa shape index (κ1) is 62.7. The molecule has 4 fully saturated rings. The Bertz CT molecular complexity index is 2480. The largest absolute Gasteiger partial charge is 0.299 e. The molecule has 78 heavy (non-hydrogen) atoms. The fourth-order valence-corrected chi connectivity index (χ4v) is 10.6. The van der Waals surface area contributed by atoms with Crippen molar-refractivity contribution in [3.63, 3.8) is 0 Å². The summed E-state index contributed by atoms with van der Waals surface area (Å²) in [4.78, 5) is 28.9. The Hall–Kier alpha value is -6.10. The maximum Gasteiger partial charge on any atom is 0.0415 e. The lowest BCUT2D eigenvalue weighted by atomic mass is 9.98. The minimum atomic E-state index is 0.429. The van der Waals surface area contributed by atoms with Gasteiger partial charge < -0.3 is 0 Å². The quantitative estimate of drug-likeness (QED) is 0.0448. The highest BCUT2D eigenvalue weighted by atomic mass is 15.2. The molecule has 0 saturated carbocycles. The Balaban J connectivity index is 1.32. The van der Waals surface area contributed by atoms with Crippen molar-refractivity contribution in [2.75, 3.05) is 80.5 Å². The molecule has 1 aromatic carbocycles. The number of aliphatic imine (C=N–C) groups is 4. The van der Waals surface area contributed by atoms with Crippen LogP contribution >= 0.6 is 0 Å². The predicted octanol–water partition coefficient (Wildman–Crippen LogP) is 12.9. The van der Waals surface area contributed by atoms with Crippen molar-refractivity contribution in [3.05, 3.63) is 130 Å². The lowest BCUT2D eigenvalue weighted by Gasteiger charge is -2.20. The first-order valence-electron chi connectivity index (χ1n) is 29.5. The smallest absolute Gasteiger partial charge is 0.0415 e. The lowest BCUT2D eigenvalue weighted by molar-refractivity contribution is 0.348. The van der Waals surface area contributed by atoms with Crippen LogP contribution in [0.25, 0.3) is 0 Å². The Morgan fingerprint density at radius 2 is 0.744 bits per heavy atom. The summed E-state index contributed by atoms with van der Waals surface area (Å²) in [7, 11) is 8.86. The highest BCUT2D eigenvalue weighted by molar-refractivity contribution is 5.81. The SMILES string of the molecule is C/C=C\C=C(/C=NCCCC#Cc1cc(C#CCCCN=C/C=C\C(=C/C)C2CCCN2C)c(C#CCCCN=C/C(=C\C=C/C)C2CCCN2C)cc1C#CCCCN=C/C=C\C(=C/C)C1CCCN1C)C1CCCN1C. The van der Waals surface area contributed by atoms with Gasteiger partial charge in [0.1, 0.15) is 0 Å². The third-order valence-corrected chi connectivity index (χ3v) is 15.1. The molecule has 414 valence electrons. The summed E-state index contributed by atoms with van der Waals surface area (Å²) in [5.74, 6) is 28.0. The topological polar surface area (TPSA) is 62.4 Å². The number of allylic oxidation sites excluding steroid dienone is 10. The average molecular weight is 1050 g/mol. The van der Waals surface area contributed by atoms with E-state index in [2.05, 4.69) is 220 Å². The average Bonchev–Trinajstić information content (AvgIpc) is 4.30. The number of benzene rings is 1. The second-order valence-electron chi connectivity index (χ2n) is 21.0. The number of nitrogens with zero attached hydrogens (tertiary/aromatic N) is 8. The molecule has 8 nitrogen and oxygen atoms in total. The molecular weight excluding hydrogens is 953 g/mol. The van der Waals surface area contributed by atoms with Gasteiger partial charge in [-0.3, -0.25) is 39.6 Å². The van der Waals surface area contributed by atoms with E-state index in [0.29, 0.717) is 24.2 Å². The summed E-state index contributed by atoms with van der Waals surface area (Å²) in [5.41, 5.74) is 8.85. The molecule has 4 aliphatic rings. The standard InChI is InChI=1S/C70H94N8/c1-9-13-33-65(69-43-31-53-77(69)7)57-73-47-25-17-21-37-63-55-62(36-20-16-24-46-72-50-28-40-60(12-4)68-42-30-52-76(68)6)64(38-22-18-26-48-74-58-66(34-14-10-2)70-44-32-54-78(70)8)56-61(63)35-19-15-23-45-71-49-27-39-59(11-3)67-41-29-51-75(67)5/h9-14,27-28,33-34,39-40,49-50,55-58,67-70H,15-18,23-26,29-32,41-48,51-54H2,1-8H3/b13-9-,14-10-,39-27-,40-28-,59-11+,60-12+,65-33+,66-34+,71-49?,72-50?,73-57?,74-58?. The monoisotopic (exact) mass is 1050 g/mol. The zero-order valence-electron chi connectivity index (χ0n) is 49.2. The van der Waals surface area contributed by atoms with Crippen LogP contribution in [0.2, 0.25) is 0 Å². The molecule has 8 heteroatoms. The highest BCUT2D eigenvalue weighted by Gasteiger charge is 2.25. The molecular formula is C70H94N8. The van der Waals surface area contributed by atoms with Gasteiger partial charge in [0.25, 0.3) is 0 Å². The van der Waals surface area contributed by atoms with Crippen LogP contribution in [0.15, 0.2) is 127 Å². The molecule has 1 aromatic rings. The predicted molar refractivity (Wildman–Crippen MR) is 339 cm³/mol. The van der Waals surface area contributed by atoms with Crippen LogP contribution in [0.1, 0.15) is 153 Å². The van der Waals surface area contributed by atoms with E-state index < -0.39 is 0 Å². The summed E-state index contributed by atoms with van der Waals surface area (Å²) in [6, 6.07) is 6.11. The zero-order valence-corrected chi connectivity index (χ0v) is 49.2. The fourth-order valence-electron chi connectivity index (χ4n) is 10.6. The van der Waals surface area contributed by atoms with Crippen LogP contribution in [-0.4, -0.2) is 149 Å². The van der Waals surface area contributed by atoms with Crippen molar-refractivity contribution < 1.29 is 0 Å². The van der Waals surface area contributed by atoms with Gasteiger partial charge in [-0.05, 0) is 206 Å². The maximum atomic E-state index is 4.86. The summed E-state index contributed by atoms with van der Waals surface area (Å²) < 4.78 is 0. The summed E-state index contributed by atoms with van der Waals surface area (Å²) in [6.07, 6.45) is 50.1. The molecule has 4 aliphatic heterocycles. The minimum absolute atomic E-state index is 0.429. The molecule has 0 radical (unpaired) electrons. The van der Waals surface area contributed by atoms with Crippen molar-refractivity contribution in [1.82, 2.24) is 19.6 Å². The normalized spacial score (nSPS) is 21.6. The van der Waals surface area contributed by atoms with E-state index in [0.717, 1.165) is 126 Å². The first-order valence-corrected chi connectivity index (χ1v) is 29.5. The molecule has 4 heterocycles. The number of rotatable bonds is 24. The van der Waals surface area contributed by atoms with Gasteiger partial charge in [0.05, 0.1) is 0 Å². The molecule has 0 bridgehead atoms. The van der Waals surface area contributed by atoms with Crippen molar-refractivity contribution in [2.45, 2.75) is 155 Å². The van der Waals surface area contributed by atoms with Crippen molar-refractivity contribution in [2.24, 2.45) is 20.0 Å². The van der Waals surface area contributed by atoms with Crippen LogP contribution in [0.4, 0.5) is 0 Å². The summed E-state index contributed by atoms with van der Waals surface area (Å²) in [6.45, 7) is 15.9. The van der Waals surface area contributed by atoms with E-state index in [1.165, 1.54) is 73.7 Å². The minimum Gasteiger partial charge on any atom is -0.299 e. The molecule has 4 unspecified atom stereocenters. The van der Waals surface area contributed by atoms with Crippen LogP contribution in [0.5, 0.6) is 0 Å². The van der Waals surface area contributed by atoms with E-state index in [4.69, 9.17) is 20.0 Å². The van der Waals surface area contributed by atoms with Gasteiger partial charge in [-0.25, -0.2) is 0 Å². The van der Waals surface area contributed by atoms with E-state index in [1.54, 1.807) is 0 Å². The Kier molecular flexibility index (Phi) is 30.3. The van der Waals surface area contributed by atoms with E-state index in [1.807, 2.05) is 12.4 Å². The molecule has 0 aromatic heterocycles. The molecule has 0 N–H and O–H groups in total. The first-order chi connectivity index (χ1) is 38.3. The summed E-state index contributed by atoms with van der Waals surface area (Å²) in [5, 5.41) is 0. The van der Waals surface area contributed by atoms with Gasteiger partial charge in [-0.2, -0.15) is 0 Å². The Labute approximate surface area is 474 Å². The van der Waals surface area contributed by atoms with Gasteiger partial charge in [-0.15, -0.1) is 0 Å². The van der Waals surface area contributed by atoms with E-state index in [-0.39, 0.29) is 0 Å². The van der Waals surface area contributed by atoms with Crippen molar-refractivity contribution in [1.29, 1.82) is 0 Å². The van der Waals surface area contributed by atoms with Gasteiger partial charge in [-0.1, -0.05) is 108 Å². The number of hydrogen-bond donors (Lipinski definition) is 0. The number of likely N-dealkylation sites (tertiary alicyclic amines) is 4. The lowest BCUT2D eigenvalue weighted by Crippen LogP contribution is -2.27. The summed E-state index contributed by atoms with van der Waals surface area (Å²) >= 11 is 0. The van der Waals surface area contributed by atoms with Gasteiger partial charge in [0.15, 0.2) is 0 Å². The molecule has 0 spiro atoms. The number of likely N-dealkylation sites (N-methyl/N-ethyl adjacent to an activating group) is 4. The second-order valence-corrected chi connectivity index (χ2v) is 21.0. The van der Waals surface area contributed by atoms with Crippen LogP contribution < -0.4 is 0 Å². The molecule has 0 aliphatic carbocycles. The Morgan fingerprint density at radius 1 is 0.436 bits per heavy atom. The highest BCUT2D eigenvalue weighted by Crippen LogP contribution is 2.25. The van der Waals surface area contributed by atoms with Crippen molar-refractivity contribution in [3.8, 4) is 47.4 Å². The fraction of sp³-hybridized carbons (Fsp3) is 0.514. The third-order valence-electron chi connectivity index (χ3n) is 15.1. The molecule has 0 amide bonds. The van der Waals surface area contributed by atoms with E-state index >= 15 is 0 Å². The van der Waals surface area contributed by atoms with Crippen molar-refractivity contribution >= 4 is 24.9 Å². The van der Waals surface area contributed by atoms with Gasteiger partial charge in [0.2, 0.25) is 0 Å². The molecule has 5 rings (SSSR count). The molecule has 4 atom stereocenters. The number of unbranched alkanes of at least 4 members (excludes halogenated alkanes) is 4. The zero-order chi connectivity index (χ0) is 55.4.